The van der Waals surface area contributed by atoms with E-state index in [0.717, 1.165) is 18.7 Å². The fraction of sp³-hybridized carbons (Fsp3) is 0.615. The molecule has 1 aromatic heterocycles. The van der Waals surface area contributed by atoms with E-state index >= 15 is 0 Å². The fourth-order valence-electron chi connectivity index (χ4n) is 2.42. The lowest BCUT2D eigenvalue weighted by Gasteiger charge is -2.17. The second kappa shape index (κ2) is 6.15. The molecule has 0 radical (unpaired) electrons. The summed E-state index contributed by atoms with van der Waals surface area (Å²) in [5.74, 6) is 1.38. The molecule has 20 heavy (non-hydrogen) atoms. The van der Waals surface area contributed by atoms with E-state index in [-0.39, 0.29) is 18.9 Å². The molecule has 0 aliphatic carbocycles. The maximum Gasteiger partial charge on any atom is 0.165 e. The molecule has 2 rings (SSSR count). The summed E-state index contributed by atoms with van der Waals surface area (Å²) in [4.78, 5) is 14.6. The summed E-state index contributed by atoms with van der Waals surface area (Å²) in [5, 5.41) is 9.15. The topological polar surface area (TPSA) is 75.2 Å². The third kappa shape index (κ3) is 2.59. The van der Waals surface area contributed by atoms with Crippen LogP contribution in [0.2, 0.25) is 0 Å². The molecule has 0 amide bonds. The van der Waals surface area contributed by atoms with Crippen molar-refractivity contribution in [3.63, 3.8) is 0 Å². The minimum Gasteiger partial charge on any atom is -0.394 e. The van der Waals surface area contributed by atoms with E-state index in [1.807, 2.05) is 23.6 Å². The Morgan fingerprint density at radius 1 is 1.60 bits per heavy atom. The van der Waals surface area contributed by atoms with Crippen LogP contribution < -0.4 is 0 Å². The van der Waals surface area contributed by atoms with Crippen molar-refractivity contribution in [2.24, 2.45) is 9.98 Å². The van der Waals surface area contributed by atoms with Crippen LogP contribution in [0, 0.1) is 0 Å². The minimum atomic E-state index is -0.158. The summed E-state index contributed by atoms with van der Waals surface area (Å²) in [6.07, 6.45) is 3.07. The Bertz CT molecular complexity index is 509. The minimum absolute atomic E-state index is 0.0360. The summed E-state index contributed by atoms with van der Waals surface area (Å²) in [6.45, 7) is 3.66. The van der Waals surface area contributed by atoms with Crippen molar-refractivity contribution in [3.05, 3.63) is 12.0 Å². The number of imidazole rings is 1. The molecule has 2 atom stereocenters. The zero-order valence-electron chi connectivity index (χ0n) is 12.2. The highest BCUT2D eigenvalue weighted by Gasteiger charge is 2.29. The molecule has 2 unspecified atom stereocenters. The monoisotopic (exact) mass is 279 g/mol. The Morgan fingerprint density at radius 2 is 2.35 bits per heavy atom. The van der Waals surface area contributed by atoms with Crippen molar-refractivity contribution in [1.29, 1.82) is 0 Å². The van der Waals surface area contributed by atoms with Gasteiger partial charge in [0.1, 0.15) is 11.9 Å². The molecule has 1 aliphatic heterocycles. The van der Waals surface area contributed by atoms with Crippen molar-refractivity contribution in [1.82, 2.24) is 14.5 Å². The summed E-state index contributed by atoms with van der Waals surface area (Å²) in [6, 6.07) is 0. The van der Waals surface area contributed by atoms with Gasteiger partial charge in [0, 0.05) is 21.1 Å². The van der Waals surface area contributed by atoms with Gasteiger partial charge >= 0.3 is 0 Å². The molecule has 0 spiro atoms. The van der Waals surface area contributed by atoms with E-state index in [4.69, 9.17) is 9.84 Å². The second-order valence-corrected chi connectivity index (χ2v) is 4.90. The number of amidine groups is 1. The lowest BCUT2D eigenvalue weighted by molar-refractivity contribution is -0.0215. The predicted molar refractivity (Wildman–Crippen MR) is 77.8 cm³/mol. The Kier molecular flexibility index (Phi) is 4.51. The average Bonchev–Trinajstić information content (AvgIpc) is 3.04. The van der Waals surface area contributed by atoms with Crippen molar-refractivity contribution in [3.8, 4) is 0 Å². The Labute approximate surface area is 118 Å². The first-order valence-electron chi connectivity index (χ1n) is 6.56. The van der Waals surface area contributed by atoms with Crippen LogP contribution in [0.5, 0.6) is 0 Å². The van der Waals surface area contributed by atoms with Crippen molar-refractivity contribution < 1.29 is 9.84 Å². The highest BCUT2D eigenvalue weighted by molar-refractivity contribution is 6.00. The van der Waals surface area contributed by atoms with Gasteiger partial charge < -0.3 is 14.7 Å². The molecule has 0 bridgehead atoms. The molecule has 7 heteroatoms. The molecule has 1 aromatic rings. The molecule has 7 nitrogen and oxygen atoms in total. The van der Waals surface area contributed by atoms with Crippen molar-refractivity contribution in [2.75, 3.05) is 27.7 Å². The summed E-state index contributed by atoms with van der Waals surface area (Å²) >= 11 is 0. The molecule has 1 fully saturated rings. The van der Waals surface area contributed by atoms with Gasteiger partial charge in [0.15, 0.2) is 11.7 Å². The second-order valence-electron chi connectivity index (χ2n) is 4.90. The van der Waals surface area contributed by atoms with Crippen LogP contribution >= 0.6 is 0 Å². The van der Waals surface area contributed by atoms with Gasteiger partial charge in [-0.25, -0.2) is 9.98 Å². The number of ether oxygens (including phenoxy) is 1. The lowest BCUT2D eigenvalue weighted by Crippen LogP contribution is -2.23. The largest absolute Gasteiger partial charge is 0.394 e. The predicted octanol–water partition coefficient (Wildman–Crippen LogP) is 0.823. The number of aliphatic hydroxyl groups is 1. The van der Waals surface area contributed by atoms with Gasteiger partial charge in [-0.2, -0.15) is 0 Å². The van der Waals surface area contributed by atoms with Gasteiger partial charge in [-0.1, -0.05) is 0 Å². The number of aromatic nitrogens is 2. The highest BCUT2D eigenvalue weighted by Crippen LogP contribution is 2.33. The third-order valence-corrected chi connectivity index (χ3v) is 3.36. The Morgan fingerprint density at radius 3 is 2.85 bits per heavy atom. The maximum absolute atomic E-state index is 9.15. The number of hydrogen-bond donors (Lipinski definition) is 1. The first-order chi connectivity index (χ1) is 9.62. The average molecular weight is 279 g/mol. The molecule has 1 saturated heterocycles. The van der Waals surface area contributed by atoms with E-state index in [1.165, 1.54) is 0 Å². The van der Waals surface area contributed by atoms with Gasteiger partial charge in [0.05, 0.1) is 19.0 Å². The molecule has 1 aliphatic rings. The molecule has 110 valence electrons. The number of rotatable bonds is 4. The van der Waals surface area contributed by atoms with Crippen LogP contribution in [0.25, 0.3) is 0 Å². The molecular weight excluding hydrogens is 258 g/mol. The van der Waals surface area contributed by atoms with Crippen LogP contribution in [-0.4, -0.2) is 66.0 Å². The third-order valence-electron chi connectivity index (χ3n) is 3.36. The van der Waals surface area contributed by atoms with Gasteiger partial charge in [-0.3, -0.25) is 9.56 Å². The SMILES string of the molecule is C=Nc1c(C(=NC)N(C)C)ncn1C1CCC(CO)O1. The standard InChI is InChI=1S/C13H21N5O2/c1-14-12(17(3)4)11-13(15-2)18(8-16-11)10-6-5-9(7-19)20-10/h8-10,19H,2,5-7H2,1,3-4H3. The van der Waals surface area contributed by atoms with E-state index in [1.54, 1.807) is 13.4 Å². The molecule has 0 saturated carbocycles. The number of nitrogens with zero attached hydrogens (tertiary/aromatic N) is 5. The summed E-state index contributed by atoms with van der Waals surface area (Å²) in [5.41, 5.74) is 0.684. The molecule has 2 heterocycles. The fourth-order valence-corrected chi connectivity index (χ4v) is 2.42. The first kappa shape index (κ1) is 14.7. The summed E-state index contributed by atoms with van der Waals surface area (Å²) in [7, 11) is 5.53. The first-order valence-corrected chi connectivity index (χ1v) is 6.56. The van der Waals surface area contributed by atoms with Crippen LogP contribution in [0.3, 0.4) is 0 Å². The normalized spacial score (nSPS) is 23.1. The van der Waals surface area contributed by atoms with Gasteiger partial charge in [-0.05, 0) is 19.6 Å². The zero-order chi connectivity index (χ0) is 14.7. The molecular formula is C13H21N5O2. The van der Waals surface area contributed by atoms with Crippen molar-refractivity contribution >= 4 is 18.4 Å². The van der Waals surface area contributed by atoms with E-state index in [9.17, 15) is 0 Å². The zero-order valence-corrected chi connectivity index (χ0v) is 12.2. The van der Waals surface area contributed by atoms with Crippen molar-refractivity contribution in [2.45, 2.75) is 25.2 Å². The number of aliphatic imine (C=N–C) groups is 2. The quantitative estimate of drug-likeness (QED) is 0.654. The van der Waals surface area contributed by atoms with E-state index < -0.39 is 0 Å². The molecule has 1 N–H and O–H groups in total. The van der Waals surface area contributed by atoms with Gasteiger partial charge in [-0.15, -0.1) is 0 Å². The molecule has 0 aromatic carbocycles. The smallest absolute Gasteiger partial charge is 0.165 e. The Balaban J connectivity index is 2.33. The lowest BCUT2D eigenvalue weighted by atomic mass is 10.2. The van der Waals surface area contributed by atoms with Crippen LogP contribution in [-0.2, 0) is 4.74 Å². The van der Waals surface area contributed by atoms with Gasteiger partial charge in [0.2, 0.25) is 0 Å². The maximum atomic E-state index is 9.15. The van der Waals surface area contributed by atoms with E-state index in [2.05, 4.69) is 21.7 Å². The van der Waals surface area contributed by atoms with Crippen LogP contribution in [0.4, 0.5) is 5.82 Å². The van der Waals surface area contributed by atoms with Crippen LogP contribution in [0.1, 0.15) is 24.8 Å². The van der Waals surface area contributed by atoms with E-state index in [0.29, 0.717) is 11.5 Å². The number of aliphatic hydroxyl groups excluding tert-OH is 1. The summed E-state index contributed by atoms with van der Waals surface area (Å²) < 4.78 is 7.61. The van der Waals surface area contributed by atoms with Crippen LogP contribution in [0.15, 0.2) is 16.3 Å². The highest BCUT2D eigenvalue weighted by atomic mass is 16.5. The Hall–Kier alpha value is -1.73. The number of hydrogen-bond acceptors (Lipinski definition) is 5. The van der Waals surface area contributed by atoms with Gasteiger partial charge in [0.25, 0.3) is 0 Å².